The van der Waals surface area contributed by atoms with Gasteiger partial charge < -0.3 is 14.8 Å². The number of hydrogen-bond donors (Lipinski definition) is 1. The number of hydrogen-bond acceptors (Lipinski definition) is 3. The number of carbonyl (C=O) groups excluding carboxylic acids is 1. The number of rotatable bonds is 7. The van der Waals surface area contributed by atoms with Crippen molar-refractivity contribution in [2.45, 2.75) is 19.4 Å². The zero-order valence-electron chi connectivity index (χ0n) is 12.5. The third kappa shape index (κ3) is 4.20. The van der Waals surface area contributed by atoms with Gasteiger partial charge in [-0.1, -0.05) is 37.3 Å². The average Bonchev–Trinajstić information content (AvgIpc) is 2.52. The number of amides is 1. The van der Waals surface area contributed by atoms with Gasteiger partial charge in [0.25, 0.3) is 5.91 Å². The maximum absolute atomic E-state index is 12.0. The highest BCUT2D eigenvalue weighted by atomic mass is 16.5. The minimum Gasteiger partial charge on any atom is -0.481 e. The van der Waals surface area contributed by atoms with Crippen LogP contribution >= 0.6 is 0 Å². The van der Waals surface area contributed by atoms with Crippen molar-refractivity contribution in [1.82, 2.24) is 5.32 Å². The molecule has 2 aromatic carbocycles. The lowest BCUT2D eigenvalue weighted by Gasteiger charge is -2.17. The fraction of sp³-hybridized carbons (Fsp3) is 0.353. The number of methoxy groups -OCH3 is 1. The molecule has 0 aliphatic carbocycles. The van der Waals surface area contributed by atoms with E-state index in [-0.39, 0.29) is 5.91 Å². The van der Waals surface area contributed by atoms with Gasteiger partial charge in [0.05, 0.1) is 6.61 Å². The lowest BCUT2D eigenvalue weighted by molar-refractivity contribution is -0.128. The Morgan fingerprint density at radius 1 is 1.19 bits per heavy atom. The van der Waals surface area contributed by atoms with E-state index < -0.39 is 6.10 Å². The Labute approximate surface area is 125 Å². The van der Waals surface area contributed by atoms with Crippen molar-refractivity contribution >= 4 is 16.7 Å². The number of carbonyl (C=O) groups is 1. The molecule has 0 aliphatic rings. The Morgan fingerprint density at radius 3 is 2.67 bits per heavy atom. The summed E-state index contributed by atoms with van der Waals surface area (Å²) in [4.78, 5) is 12.0. The van der Waals surface area contributed by atoms with Crippen LogP contribution in [0.2, 0.25) is 0 Å². The second-order valence-electron chi connectivity index (χ2n) is 4.81. The molecule has 21 heavy (non-hydrogen) atoms. The topological polar surface area (TPSA) is 47.6 Å². The zero-order valence-corrected chi connectivity index (χ0v) is 12.5. The van der Waals surface area contributed by atoms with E-state index in [1.165, 1.54) is 0 Å². The number of benzene rings is 2. The molecule has 112 valence electrons. The molecule has 1 amide bonds. The Bertz CT molecular complexity index is 597. The predicted molar refractivity (Wildman–Crippen MR) is 83.5 cm³/mol. The molecule has 0 saturated heterocycles. The molecule has 0 radical (unpaired) electrons. The summed E-state index contributed by atoms with van der Waals surface area (Å²) in [7, 11) is 1.61. The molecule has 0 saturated carbocycles. The second kappa shape index (κ2) is 7.64. The van der Waals surface area contributed by atoms with Crippen molar-refractivity contribution in [2.24, 2.45) is 0 Å². The van der Waals surface area contributed by atoms with Gasteiger partial charge in [0.15, 0.2) is 6.10 Å². The summed E-state index contributed by atoms with van der Waals surface area (Å²) in [5.41, 5.74) is 0. The molecule has 4 nitrogen and oxygen atoms in total. The number of nitrogens with one attached hydrogen (secondary N) is 1. The quantitative estimate of drug-likeness (QED) is 0.797. The summed E-state index contributed by atoms with van der Waals surface area (Å²) in [6, 6.07) is 13.9. The van der Waals surface area contributed by atoms with Gasteiger partial charge in [0, 0.05) is 13.7 Å². The molecular weight excluding hydrogens is 266 g/mol. The molecular formula is C17H21NO3. The highest BCUT2D eigenvalue weighted by molar-refractivity contribution is 5.84. The fourth-order valence-corrected chi connectivity index (χ4v) is 2.12. The van der Waals surface area contributed by atoms with Crippen LogP contribution in [0.1, 0.15) is 13.3 Å². The first-order valence-corrected chi connectivity index (χ1v) is 7.16. The van der Waals surface area contributed by atoms with E-state index in [4.69, 9.17) is 9.47 Å². The molecule has 4 heteroatoms. The van der Waals surface area contributed by atoms with E-state index in [2.05, 4.69) is 5.32 Å². The molecule has 0 fully saturated rings. The van der Waals surface area contributed by atoms with Gasteiger partial charge in [0.1, 0.15) is 5.75 Å². The Hall–Kier alpha value is -2.07. The number of fused-ring (bicyclic) bond motifs is 1. The van der Waals surface area contributed by atoms with Crippen molar-refractivity contribution in [2.75, 3.05) is 20.3 Å². The largest absolute Gasteiger partial charge is 0.481 e. The van der Waals surface area contributed by atoms with Crippen LogP contribution in [-0.4, -0.2) is 32.3 Å². The van der Waals surface area contributed by atoms with Gasteiger partial charge in [0.2, 0.25) is 0 Å². The highest BCUT2D eigenvalue weighted by Gasteiger charge is 2.17. The van der Waals surface area contributed by atoms with Crippen molar-refractivity contribution < 1.29 is 14.3 Å². The molecule has 0 spiro atoms. The summed E-state index contributed by atoms with van der Waals surface area (Å²) in [5, 5.41) is 5.06. The SMILES string of the molecule is CC[C@H](Oc1ccc2ccccc2c1)C(=O)NCCOC. The highest BCUT2D eigenvalue weighted by Crippen LogP contribution is 2.21. The standard InChI is InChI=1S/C17H21NO3/c1-3-16(17(19)18-10-11-20-2)21-15-9-8-13-6-4-5-7-14(13)12-15/h4-9,12,16H,3,10-11H2,1-2H3,(H,18,19)/t16-/m0/s1. The molecule has 0 unspecified atom stereocenters. The van der Waals surface area contributed by atoms with Crippen molar-refractivity contribution in [3.63, 3.8) is 0 Å². The number of ether oxygens (including phenoxy) is 2. The summed E-state index contributed by atoms with van der Waals surface area (Å²) in [5.74, 6) is 0.602. The third-order valence-corrected chi connectivity index (χ3v) is 3.27. The zero-order chi connectivity index (χ0) is 15.1. The van der Waals surface area contributed by atoms with Crippen molar-refractivity contribution in [3.05, 3.63) is 42.5 Å². The third-order valence-electron chi connectivity index (χ3n) is 3.27. The van der Waals surface area contributed by atoms with E-state index in [0.717, 1.165) is 10.8 Å². The molecule has 1 N–H and O–H groups in total. The molecule has 2 aromatic rings. The van der Waals surface area contributed by atoms with E-state index in [1.54, 1.807) is 7.11 Å². The molecule has 0 aliphatic heterocycles. The second-order valence-corrected chi connectivity index (χ2v) is 4.81. The van der Waals surface area contributed by atoms with Crippen LogP contribution in [0.25, 0.3) is 10.8 Å². The first kappa shape index (κ1) is 15.3. The van der Waals surface area contributed by atoms with Gasteiger partial charge in [-0.25, -0.2) is 0 Å². The van der Waals surface area contributed by atoms with Crippen LogP contribution in [-0.2, 0) is 9.53 Å². The summed E-state index contributed by atoms with van der Waals surface area (Å²) < 4.78 is 10.7. The van der Waals surface area contributed by atoms with E-state index >= 15 is 0 Å². The molecule has 0 bridgehead atoms. The van der Waals surface area contributed by atoms with Crippen LogP contribution in [0.15, 0.2) is 42.5 Å². The Morgan fingerprint density at radius 2 is 1.95 bits per heavy atom. The maximum atomic E-state index is 12.0. The predicted octanol–water partition coefficient (Wildman–Crippen LogP) is 2.76. The first-order chi connectivity index (χ1) is 10.2. The van der Waals surface area contributed by atoms with Crippen LogP contribution in [0.4, 0.5) is 0 Å². The lowest BCUT2D eigenvalue weighted by Crippen LogP contribution is -2.39. The minimum atomic E-state index is -0.483. The molecule has 1 atom stereocenters. The molecule has 2 rings (SSSR count). The van der Waals surface area contributed by atoms with Gasteiger partial charge in [-0.15, -0.1) is 0 Å². The normalized spacial score (nSPS) is 12.1. The van der Waals surface area contributed by atoms with E-state index in [0.29, 0.717) is 25.3 Å². The Kier molecular flexibility index (Phi) is 5.58. The summed E-state index contributed by atoms with van der Waals surface area (Å²) >= 11 is 0. The first-order valence-electron chi connectivity index (χ1n) is 7.16. The average molecular weight is 287 g/mol. The van der Waals surface area contributed by atoms with Crippen molar-refractivity contribution in [3.8, 4) is 5.75 Å². The van der Waals surface area contributed by atoms with Gasteiger partial charge >= 0.3 is 0 Å². The monoisotopic (exact) mass is 287 g/mol. The lowest BCUT2D eigenvalue weighted by atomic mass is 10.1. The maximum Gasteiger partial charge on any atom is 0.261 e. The van der Waals surface area contributed by atoms with Crippen molar-refractivity contribution in [1.29, 1.82) is 0 Å². The van der Waals surface area contributed by atoms with E-state index in [9.17, 15) is 4.79 Å². The van der Waals surface area contributed by atoms with Gasteiger partial charge in [-0.05, 0) is 29.3 Å². The van der Waals surface area contributed by atoms with Crippen LogP contribution in [0, 0.1) is 0 Å². The molecule has 0 heterocycles. The fourth-order valence-electron chi connectivity index (χ4n) is 2.12. The van der Waals surface area contributed by atoms with E-state index in [1.807, 2.05) is 49.4 Å². The van der Waals surface area contributed by atoms with Crippen LogP contribution < -0.4 is 10.1 Å². The summed E-state index contributed by atoms with van der Waals surface area (Å²) in [6.45, 7) is 2.92. The van der Waals surface area contributed by atoms with Crippen LogP contribution in [0.3, 0.4) is 0 Å². The van der Waals surface area contributed by atoms with Gasteiger partial charge in [-0.3, -0.25) is 4.79 Å². The Balaban J connectivity index is 2.04. The summed E-state index contributed by atoms with van der Waals surface area (Å²) in [6.07, 6.45) is 0.133. The van der Waals surface area contributed by atoms with Gasteiger partial charge in [-0.2, -0.15) is 0 Å². The minimum absolute atomic E-state index is 0.109. The smallest absolute Gasteiger partial charge is 0.261 e. The molecule has 0 aromatic heterocycles. The van der Waals surface area contributed by atoms with Crippen LogP contribution in [0.5, 0.6) is 5.75 Å².